The van der Waals surface area contributed by atoms with Gasteiger partial charge in [0.25, 0.3) is 0 Å². The average Bonchev–Trinajstić information content (AvgIpc) is 2.27. The molecule has 2 aromatic rings. The van der Waals surface area contributed by atoms with Crippen molar-refractivity contribution in [2.24, 2.45) is 5.73 Å². The SMILES string of the molecule is CC(CN)c1ccc2cc(O)ccc2c1. The van der Waals surface area contributed by atoms with E-state index in [9.17, 15) is 5.11 Å². The molecule has 2 heteroatoms. The highest BCUT2D eigenvalue weighted by atomic mass is 16.3. The standard InChI is InChI=1S/C13H15NO/c1-9(8-14)10-2-3-12-7-13(15)5-4-11(12)6-10/h2-7,9,15H,8,14H2,1H3. The fraction of sp³-hybridized carbons (Fsp3) is 0.231. The van der Waals surface area contributed by atoms with E-state index < -0.39 is 0 Å². The van der Waals surface area contributed by atoms with Gasteiger partial charge in [-0.1, -0.05) is 31.2 Å². The molecular formula is C13H15NO. The van der Waals surface area contributed by atoms with Gasteiger partial charge < -0.3 is 10.8 Å². The van der Waals surface area contributed by atoms with Gasteiger partial charge in [-0.05, 0) is 40.9 Å². The fourth-order valence-electron chi connectivity index (χ4n) is 1.69. The summed E-state index contributed by atoms with van der Waals surface area (Å²) in [5.74, 6) is 0.685. The molecule has 2 aromatic carbocycles. The molecule has 0 radical (unpaired) electrons. The van der Waals surface area contributed by atoms with Gasteiger partial charge in [-0.25, -0.2) is 0 Å². The minimum atomic E-state index is 0.308. The summed E-state index contributed by atoms with van der Waals surface area (Å²) in [7, 11) is 0. The van der Waals surface area contributed by atoms with E-state index in [4.69, 9.17) is 5.73 Å². The van der Waals surface area contributed by atoms with Gasteiger partial charge >= 0.3 is 0 Å². The second-order valence-electron chi connectivity index (χ2n) is 3.93. The van der Waals surface area contributed by atoms with Crippen LogP contribution < -0.4 is 5.73 Å². The Labute approximate surface area is 89.3 Å². The maximum atomic E-state index is 9.33. The summed E-state index contributed by atoms with van der Waals surface area (Å²) >= 11 is 0. The number of fused-ring (bicyclic) bond motifs is 1. The molecule has 0 bridgehead atoms. The van der Waals surface area contributed by atoms with E-state index in [2.05, 4.69) is 19.1 Å². The molecule has 2 nitrogen and oxygen atoms in total. The fourth-order valence-corrected chi connectivity index (χ4v) is 1.69. The lowest BCUT2D eigenvalue weighted by atomic mass is 9.98. The second kappa shape index (κ2) is 3.91. The molecule has 0 saturated heterocycles. The van der Waals surface area contributed by atoms with E-state index in [0.717, 1.165) is 10.8 Å². The molecule has 3 N–H and O–H groups in total. The number of phenols is 1. The predicted octanol–water partition coefficient (Wildman–Crippen LogP) is 2.61. The molecule has 0 saturated carbocycles. The van der Waals surface area contributed by atoms with Gasteiger partial charge in [0.15, 0.2) is 0 Å². The number of hydrogen-bond acceptors (Lipinski definition) is 2. The van der Waals surface area contributed by atoms with Crippen LogP contribution in [0.4, 0.5) is 0 Å². The van der Waals surface area contributed by atoms with E-state index in [1.165, 1.54) is 5.56 Å². The summed E-state index contributed by atoms with van der Waals surface area (Å²) in [6.45, 7) is 2.77. The molecular weight excluding hydrogens is 186 g/mol. The van der Waals surface area contributed by atoms with Crippen LogP contribution in [-0.2, 0) is 0 Å². The third-order valence-electron chi connectivity index (χ3n) is 2.77. The van der Waals surface area contributed by atoms with Crippen molar-refractivity contribution < 1.29 is 5.11 Å². The number of aromatic hydroxyl groups is 1. The first-order chi connectivity index (χ1) is 7.20. The molecule has 15 heavy (non-hydrogen) atoms. The summed E-state index contributed by atoms with van der Waals surface area (Å²) in [6, 6.07) is 11.6. The number of phenolic OH excluding ortho intramolecular Hbond substituents is 1. The normalized spacial score (nSPS) is 12.9. The van der Waals surface area contributed by atoms with Crippen molar-refractivity contribution in [1.29, 1.82) is 0 Å². The first-order valence-corrected chi connectivity index (χ1v) is 5.13. The number of benzene rings is 2. The van der Waals surface area contributed by atoms with Crippen molar-refractivity contribution in [2.45, 2.75) is 12.8 Å². The zero-order valence-electron chi connectivity index (χ0n) is 8.77. The molecule has 0 aliphatic heterocycles. The highest BCUT2D eigenvalue weighted by Crippen LogP contribution is 2.24. The molecule has 0 aromatic heterocycles. The van der Waals surface area contributed by atoms with E-state index in [1.54, 1.807) is 12.1 Å². The number of rotatable bonds is 2. The zero-order chi connectivity index (χ0) is 10.8. The van der Waals surface area contributed by atoms with Crippen LogP contribution in [0.5, 0.6) is 5.75 Å². The minimum absolute atomic E-state index is 0.308. The van der Waals surface area contributed by atoms with E-state index in [1.807, 2.05) is 12.1 Å². The van der Waals surface area contributed by atoms with Crippen molar-refractivity contribution in [3.8, 4) is 5.75 Å². The third-order valence-corrected chi connectivity index (χ3v) is 2.77. The van der Waals surface area contributed by atoms with E-state index in [-0.39, 0.29) is 0 Å². The van der Waals surface area contributed by atoms with Gasteiger partial charge in [0.1, 0.15) is 5.75 Å². The van der Waals surface area contributed by atoms with Crippen LogP contribution in [0.25, 0.3) is 10.8 Å². The highest BCUT2D eigenvalue weighted by molar-refractivity contribution is 5.84. The first kappa shape index (κ1) is 9.99. The van der Waals surface area contributed by atoms with Crippen molar-refractivity contribution in [1.82, 2.24) is 0 Å². The second-order valence-corrected chi connectivity index (χ2v) is 3.93. The molecule has 0 aliphatic rings. The van der Waals surface area contributed by atoms with Crippen molar-refractivity contribution in [2.75, 3.05) is 6.54 Å². The molecule has 78 valence electrons. The Morgan fingerprint density at radius 3 is 2.53 bits per heavy atom. The smallest absolute Gasteiger partial charge is 0.116 e. The average molecular weight is 201 g/mol. The summed E-state index contributed by atoms with van der Waals surface area (Å²) in [5, 5.41) is 11.5. The zero-order valence-corrected chi connectivity index (χ0v) is 8.77. The maximum absolute atomic E-state index is 9.33. The van der Waals surface area contributed by atoms with Gasteiger partial charge in [0, 0.05) is 0 Å². The maximum Gasteiger partial charge on any atom is 0.116 e. The van der Waals surface area contributed by atoms with E-state index >= 15 is 0 Å². The van der Waals surface area contributed by atoms with Gasteiger partial charge in [-0.2, -0.15) is 0 Å². The Morgan fingerprint density at radius 1 is 1.13 bits per heavy atom. The Bertz CT molecular complexity index is 479. The Balaban J connectivity index is 2.52. The van der Waals surface area contributed by atoms with Crippen LogP contribution in [0.2, 0.25) is 0 Å². The largest absolute Gasteiger partial charge is 0.508 e. The summed E-state index contributed by atoms with van der Waals surface area (Å²) in [6.07, 6.45) is 0. The summed E-state index contributed by atoms with van der Waals surface area (Å²) < 4.78 is 0. The van der Waals surface area contributed by atoms with Crippen LogP contribution in [0.3, 0.4) is 0 Å². The van der Waals surface area contributed by atoms with Crippen LogP contribution >= 0.6 is 0 Å². The Hall–Kier alpha value is -1.54. The lowest BCUT2D eigenvalue weighted by molar-refractivity contribution is 0.476. The van der Waals surface area contributed by atoms with Crippen LogP contribution in [0.15, 0.2) is 36.4 Å². The highest BCUT2D eigenvalue weighted by Gasteiger charge is 2.04. The van der Waals surface area contributed by atoms with E-state index in [0.29, 0.717) is 18.2 Å². The topological polar surface area (TPSA) is 46.2 Å². The third kappa shape index (κ3) is 1.95. The van der Waals surface area contributed by atoms with Gasteiger partial charge in [-0.3, -0.25) is 0 Å². The predicted molar refractivity (Wildman–Crippen MR) is 63.1 cm³/mol. The molecule has 1 atom stereocenters. The van der Waals surface area contributed by atoms with Crippen molar-refractivity contribution >= 4 is 10.8 Å². The minimum Gasteiger partial charge on any atom is -0.508 e. The van der Waals surface area contributed by atoms with Crippen LogP contribution in [0, 0.1) is 0 Å². The lowest BCUT2D eigenvalue weighted by Crippen LogP contribution is -2.08. The van der Waals surface area contributed by atoms with Crippen molar-refractivity contribution in [3.63, 3.8) is 0 Å². The van der Waals surface area contributed by atoms with Gasteiger partial charge in [0.05, 0.1) is 0 Å². The quantitative estimate of drug-likeness (QED) is 0.784. The van der Waals surface area contributed by atoms with Crippen LogP contribution in [-0.4, -0.2) is 11.7 Å². The monoisotopic (exact) mass is 201 g/mol. The first-order valence-electron chi connectivity index (χ1n) is 5.13. The molecule has 2 rings (SSSR count). The Morgan fingerprint density at radius 2 is 1.80 bits per heavy atom. The number of hydrogen-bond donors (Lipinski definition) is 2. The Kier molecular flexibility index (Phi) is 2.60. The molecule has 0 heterocycles. The summed E-state index contributed by atoms with van der Waals surface area (Å²) in [5.41, 5.74) is 6.88. The number of nitrogens with two attached hydrogens (primary N) is 1. The lowest BCUT2D eigenvalue weighted by Gasteiger charge is -2.09. The summed E-state index contributed by atoms with van der Waals surface area (Å²) in [4.78, 5) is 0. The molecule has 0 aliphatic carbocycles. The molecule has 0 fully saturated rings. The molecule has 1 unspecified atom stereocenters. The van der Waals surface area contributed by atoms with Crippen LogP contribution in [0.1, 0.15) is 18.4 Å². The van der Waals surface area contributed by atoms with Gasteiger partial charge in [0.2, 0.25) is 0 Å². The molecule has 0 amide bonds. The van der Waals surface area contributed by atoms with Crippen molar-refractivity contribution in [3.05, 3.63) is 42.0 Å². The molecule has 0 spiro atoms. The van der Waals surface area contributed by atoms with Gasteiger partial charge in [-0.15, -0.1) is 0 Å².